The molecule has 1 nitrogen and oxygen atoms in total. The van der Waals surface area contributed by atoms with Crippen molar-refractivity contribution in [3.63, 3.8) is 0 Å². The molecule has 92 valence electrons. The van der Waals surface area contributed by atoms with Gasteiger partial charge in [0.25, 0.3) is 0 Å². The van der Waals surface area contributed by atoms with E-state index in [1.807, 2.05) is 11.3 Å². The Balaban J connectivity index is 2.40. The van der Waals surface area contributed by atoms with Crippen molar-refractivity contribution in [3.8, 4) is 0 Å². The van der Waals surface area contributed by atoms with Gasteiger partial charge in [-0.25, -0.2) is 0 Å². The fourth-order valence-corrected chi connectivity index (χ4v) is 4.01. The SMILES string of the molecule is CCC(C)SCC(Cc1sccc1Br)NC. The summed E-state index contributed by atoms with van der Waals surface area (Å²) in [5.74, 6) is 1.19. The Hall–Kier alpha value is 0.490. The number of thioether (sulfide) groups is 1. The average molecular weight is 322 g/mol. The number of nitrogens with one attached hydrogen (secondary N) is 1. The van der Waals surface area contributed by atoms with Crippen LogP contribution in [-0.4, -0.2) is 24.1 Å². The predicted octanol–water partition coefficient (Wildman–Crippen LogP) is 4.17. The van der Waals surface area contributed by atoms with Gasteiger partial charge in [0, 0.05) is 26.4 Å². The van der Waals surface area contributed by atoms with Crippen molar-refractivity contribution in [3.05, 3.63) is 20.8 Å². The monoisotopic (exact) mass is 321 g/mol. The lowest BCUT2D eigenvalue weighted by Gasteiger charge is -2.17. The lowest BCUT2D eigenvalue weighted by molar-refractivity contribution is 0.619. The molecule has 0 amide bonds. The molecule has 1 aromatic rings. The minimum atomic E-state index is 0.578. The van der Waals surface area contributed by atoms with E-state index in [1.165, 1.54) is 21.5 Å². The number of likely N-dealkylation sites (N-methyl/N-ethyl adjacent to an activating group) is 1. The second kappa shape index (κ2) is 7.75. The molecule has 4 heteroatoms. The average Bonchev–Trinajstić information content (AvgIpc) is 2.69. The van der Waals surface area contributed by atoms with Crippen LogP contribution < -0.4 is 5.32 Å². The van der Waals surface area contributed by atoms with Crippen LogP contribution in [0.2, 0.25) is 0 Å². The lowest BCUT2D eigenvalue weighted by Crippen LogP contribution is -2.30. The highest BCUT2D eigenvalue weighted by atomic mass is 79.9. The molecule has 0 aliphatic carbocycles. The second-order valence-electron chi connectivity index (χ2n) is 3.93. The van der Waals surface area contributed by atoms with Crippen LogP contribution in [0.4, 0.5) is 0 Å². The molecular formula is C12H20BrNS2. The number of rotatable bonds is 7. The zero-order valence-corrected chi connectivity index (χ0v) is 13.3. The molecule has 0 aromatic carbocycles. The maximum absolute atomic E-state index is 3.59. The first-order chi connectivity index (χ1) is 7.67. The smallest absolute Gasteiger partial charge is 0.0314 e. The molecule has 1 aromatic heterocycles. The molecule has 0 fully saturated rings. The third-order valence-corrected chi connectivity index (χ3v) is 6.13. The Kier molecular flexibility index (Phi) is 7.04. The molecule has 1 N–H and O–H groups in total. The van der Waals surface area contributed by atoms with E-state index < -0.39 is 0 Å². The third kappa shape index (κ3) is 4.78. The van der Waals surface area contributed by atoms with Crippen molar-refractivity contribution in [2.45, 2.75) is 38.0 Å². The van der Waals surface area contributed by atoms with Gasteiger partial charge >= 0.3 is 0 Å². The molecule has 1 rings (SSSR count). The zero-order valence-electron chi connectivity index (χ0n) is 10.1. The highest BCUT2D eigenvalue weighted by Gasteiger charge is 2.12. The first-order valence-corrected chi connectivity index (χ1v) is 8.40. The molecule has 0 aliphatic rings. The molecule has 2 atom stereocenters. The second-order valence-corrected chi connectivity index (χ2v) is 7.26. The van der Waals surface area contributed by atoms with Crippen LogP contribution in [0.15, 0.2) is 15.9 Å². The summed E-state index contributed by atoms with van der Waals surface area (Å²) >= 11 is 7.49. The molecule has 0 bridgehead atoms. The number of halogens is 1. The quantitative estimate of drug-likeness (QED) is 0.808. The zero-order chi connectivity index (χ0) is 12.0. The van der Waals surface area contributed by atoms with Crippen LogP contribution in [0, 0.1) is 0 Å². The molecule has 0 spiro atoms. The molecule has 0 saturated carbocycles. The summed E-state index contributed by atoms with van der Waals surface area (Å²) in [4.78, 5) is 1.45. The summed E-state index contributed by atoms with van der Waals surface area (Å²) in [6.07, 6.45) is 2.38. The normalized spacial score (nSPS) is 15.0. The Morgan fingerprint density at radius 1 is 1.56 bits per heavy atom. The van der Waals surface area contributed by atoms with Crippen molar-refractivity contribution in [1.82, 2.24) is 5.32 Å². The number of thiophene rings is 1. The largest absolute Gasteiger partial charge is 0.316 e. The van der Waals surface area contributed by atoms with Gasteiger partial charge in [-0.05, 0) is 47.3 Å². The summed E-state index contributed by atoms with van der Waals surface area (Å²) in [6.45, 7) is 4.56. The van der Waals surface area contributed by atoms with Crippen LogP contribution in [0.25, 0.3) is 0 Å². The van der Waals surface area contributed by atoms with E-state index in [0.29, 0.717) is 6.04 Å². The van der Waals surface area contributed by atoms with Crippen LogP contribution in [-0.2, 0) is 6.42 Å². The summed E-state index contributed by atoms with van der Waals surface area (Å²) in [5, 5.41) is 6.33. The van der Waals surface area contributed by atoms with E-state index in [2.05, 4.69) is 65.4 Å². The molecule has 2 unspecified atom stereocenters. The Labute approximate surface area is 116 Å². The highest BCUT2D eigenvalue weighted by Crippen LogP contribution is 2.25. The molecule has 0 saturated heterocycles. The van der Waals surface area contributed by atoms with Crippen LogP contribution in [0.5, 0.6) is 0 Å². The summed E-state index contributed by atoms with van der Waals surface area (Å²) in [6, 6.07) is 2.71. The van der Waals surface area contributed by atoms with Gasteiger partial charge in [-0.15, -0.1) is 11.3 Å². The maximum atomic E-state index is 3.59. The van der Waals surface area contributed by atoms with Crippen LogP contribution in [0.1, 0.15) is 25.1 Å². The van der Waals surface area contributed by atoms with Crippen LogP contribution >= 0.6 is 39.0 Å². The highest BCUT2D eigenvalue weighted by molar-refractivity contribution is 9.10. The first-order valence-electron chi connectivity index (χ1n) is 5.68. The summed E-state index contributed by atoms with van der Waals surface area (Å²) in [5.41, 5.74) is 0. The Bertz CT molecular complexity index is 301. The molecule has 1 heterocycles. The van der Waals surface area contributed by atoms with Gasteiger partial charge < -0.3 is 5.32 Å². The first kappa shape index (κ1) is 14.6. The fourth-order valence-electron chi connectivity index (χ4n) is 1.34. The van der Waals surface area contributed by atoms with Crippen LogP contribution in [0.3, 0.4) is 0 Å². The molecular weight excluding hydrogens is 302 g/mol. The molecule has 0 radical (unpaired) electrons. The Morgan fingerprint density at radius 3 is 2.81 bits per heavy atom. The third-order valence-electron chi connectivity index (χ3n) is 2.69. The van der Waals surface area contributed by atoms with Gasteiger partial charge in [-0.1, -0.05) is 13.8 Å². The van der Waals surface area contributed by atoms with Gasteiger partial charge in [-0.2, -0.15) is 11.8 Å². The van der Waals surface area contributed by atoms with Gasteiger partial charge in [0.15, 0.2) is 0 Å². The van der Waals surface area contributed by atoms with Gasteiger partial charge in [0.1, 0.15) is 0 Å². The van der Waals surface area contributed by atoms with Crippen molar-refractivity contribution >= 4 is 39.0 Å². The number of hydrogen-bond acceptors (Lipinski definition) is 3. The fraction of sp³-hybridized carbons (Fsp3) is 0.667. The molecule has 0 aliphatic heterocycles. The topological polar surface area (TPSA) is 12.0 Å². The van der Waals surface area contributed by atoms with Gasteiger partial charge in [0.05, 0.1) is 0 Å². The van der Waals surface area contributed by atoms with Crippen molar-refractivity contribution in [2.24, 2.45) is 0 Å². The van der Waals surface area contributed by atoms with E-state index >= 15 is 0 Å². The predicted molar refractivity (Wildman–Crippen MR) is 80.8 cm³/mol. The Morgan fingerprint density at radius 2 is 2.31 bits per heavy atom. The van der Waals surface area contributed by atoms with E-state index in [0.717, 1.165) is 11.7 Å². The minimum Gasteiger partial charge on any atom is -0.316 e. The van der Waals surface area contributed by atoms with Crippen molar-refractivity contribution < 1.29 is 0 Å². The minimum absolute atomic E-state index is 0.578. The van der Waals surface area contributed by atoms with Gasteiger partial charge in [0.2, 0.25) is 0 Å². The van der Waals surface area contributed by atoms with Crippen molar-refractivity contribution in [2.75, 3.05) is 12.8 Å². The van der Waals surface area contributed by atoms with Gasteiger partial charge in [-0.3, -0.25) is 0 Å². The van der Waals surface area contributed by atoms with Crippen molar-refractivity contribution in [1.29, 1.82) is 0 Å². The van der Waals surface area contributed by atoms with E-state index in [-0.39, 0.29) is 0 Å². The maximum Gasteiger partial charge on any atom is 0.0314 e. The lowest BCUT2D eigenvalue weighted by atomic mass is 10.2. The number of hydrogen-bond donors (Lipinski definition) is 1. The van der Waals surface area contributed by atoms with E-state index in [9.17, 15) is 0 Å². The van der Waals surface area contributed by atoms with E-state index in [4.69, 9.17) is 0 Å². The summed E-state index contributed by atoms with van der Waals surface area (Å²) < 4.78 is 1.26. The standard InChI is InChI=1S/C12H20BrNS2/c1-4-9(2)16-8-10(14-3)7-12-11(13)5-6-15-12/h5-6,9-10,14H,4,7-8H2,1-3H3. The van der Waals surface area contributed by atoms with E-state index in [1.54, 1.807) is 0 Å². The summed E-state index contributed by atoms with van der Waals surface area (Å²) in [7, 11) is 2.06. The molecule has 16 heavy (non-hydrogen) atoms.